The second kappa shape index (κ2) is 5.95. The van der Waals surface area contributed by atoms with Crippen molar-refractivity contribution in [1.29, 1.82) is 0 Å². The minimum absolute atomic E-state index is 0.279. The Labute approximate surface area is 115 Å². The predicted molar refractivity (Wildman–Crippen MR) is 74.0 cm³/mol. The minimum atomic E-state index is -0.585. The summed E-state index contributed by atoms with van der Waals surface area (Å²) in [5.74, 6) is -0.279. The molecule has 18 heavy (non-hydrogen) atoms. The zero-order chi connectivity index (χ0) is 13.1. The van der Waals surface area contributed by atoms with Crippen LogP contribution in [0.2, 0.25) is 0 Å². The molecule has 1 aromatic rings. The molecule has 0 radical (unpaired) electrons. The van der Waals surface area contributed by atoms with E-state index in [0.29, 0.717) is 12.6 Å². The Morgan fingerprint density at radius 2 is 2.06 bits per heavy atom. The summed E-state index contributed by atoms with van der Waals surface area (Å²) < 4.78 is 13.7. The molecule has 1 N–H and O–H groups in total. The van der Waals surface area contributed by atoms with Gasteiger partial charge in [-0.3, -0.25) is 4.90 Å². The number of aliphatic hydroxyl groups is 1. The Hall–Kier alpha value is -0.710. The van der Waals surface area contributed by atoms with Crippen molar-refractivity contribution < 1.29 is 9.50 Å². The lowest BCUT2D eigenvalue weighted by atomic mass is 10.1. The maximum absolute atomic E-state index is 12.8. The molecule has 1 fully saturated rings. The van der Waals surface area contributed by atoms with Crippen molar-refractivity contribution in [2.24, 2.45) is 0 Å². The molecule has 2 rings (SSSR count). The van der Waals surface area contributed by atoms with Gasteiger partial charge in [0, 0.05) is 23.6 Å². The Morgan fingerprint density at radius 3 is 2.56 bits per heavy atom. The van der Waals surface area contributed by atoms with Crippen LogP contribution in [0.3, 0.4) is 0 Å². The molecule has 4 heteroatoms. The highest BCUT2D eigenvalue weighted by Gasteiger charge is 2.30. The molecule has 1 aliphatic rings. The zero-order valence-electron chi connectivity index (χ0n) is 10.1. The lowest BCUT2D eigenvalue weighted by molar-refractivity contribution is 0.115. The fraction of sp³-hybridized carbons (Fsp3) is 0.429. The SMILES string of the molecule is C=C(Br)CN(CC(O)c1ccc(F)cc1)C1CC1. The zero-order valence-corrected chi connectivity index (χ0v) is 11.7. The van der Waals surface area contributed by atoms with Crippen molar-refractivity contribution in [2.75, 3.05) is 13.1 Å². The third-order valence-electron chi connectivity index (χ3n) is 3.10. The number of halogens is 2. The van der Waals surface area contributed by atoms with Gasteiger partial charge in [0.2, 0.25) is 0 Å². The third kappa shape index (κ3) is 3.90. The molecule has 2 nitrogen and oxygen atoms in total. The maximum atomic E-state index is 12.8. The van der Waals surface area contributed by atoms with Gasteiger partial charge in [-0.05, 0) is 30.5 Å². The fourth-order valence-corrected chi connectivity index (χ4v) is 2.34. The molecule has 0 heterocycles. The molecule has 0 saturated heterocycles. The van der Waals surface area contributed by atoms with Gasteiger partial charge >= 0.3 is 0 Å². The van der Waals surface area contributed by atoms with E-state index < -0.39 is 6.10 Å². The van der Waals surface area contributed by atoms with Gasteiger partial charge in [0.15, 0.2) is 0 Å². The third-order valence-corrected chi connectivity index (χ3v) is 3.35. The van der Waals surface area contributed by atoms with Gasteiger partial charge in [0.25, 0.3) is 0 Å². The first kappa shape index (κ1) is 13.7. The summed E-state index contributed by atoms with van der Waals surface area (Å²) >= 11 is 3.36. The summed E-state index contributed by atoms with van der Waals surface area (Å²) in [4.78, 5) is 2.21. The van der Waals surface area contributed by atoms with Gasteiger partial charge in [-0.1, -0.05) is 34.6 Å². The number of hydrogen-bond acceptors (Lipinski definition) is 2. The molecule has 0 amide bonds. The Balaban J connectivity index is 1.97. The van der Waals surface area contributed by atoms with Crippen LogP contribution in [0, 0.1) is 5.82 Å². The van der Waals surface area contributed by atoms with Gasteiger partial charge < -0.3 is 5.11 Å². The van der Waals surface area contributed by atoms with Gasteiger partial charge in [-0.25, -0.2) is 4.39 Å². The van der Waals surface area contributed by atoms with Crippen LogP contribution in [0.5, 0.6) is 0 Å². The van der Waals surface area contributed by atoms with Gasteiger partial charge in [-0.2, -0.15) is 0 Å². The van der Waals surface area contributed by atoms with E-state index in [4.69, 9.17) is 0 Å². The van der Waals surface area contributed by atoms with E-state index in [-0.39, 0.29) is 5.82 Å². The van der Waals surface area contributed by atoms with Crippen molar-refractivity contribution in [3.63, 3.8) is 0 Å². The summed E-state index contributed by atoms with van der Waals surface area (Å²) in [5.41, 5.74) is 0.752. The van der Waals surface area contributed by atoms with Gasteiger partial charge in [-0.15, -0.1) is 0 Å². The van der Waals surface area contributed by atoms with Crippen LogP contribution in [0.15, 0.2) is 35.3 Å². The summed E-state index contributed by atoms with van der Waals surface area (Å²) in [7, 11) is 0. The molecular formula is C14H17BrFNO. The molecule has 0 aliphatic heterocycles. The van der Waals surface area contributed by atoms with E-state index in [9.17, 15) is 9.50 Å². The van der Waals surface area contributed by atoms with Crippen molar-refractivity contribution in [1.82, 2.24) is 4.90 Å². The van der Waals surface area contributed by atoms with Gasteiger partial charge in [0.1, 0.15) is 5.82 Å². The average Bonchev–Trinajstić information content (AvgIpc) is 3.12. The number of rotatable bonds is 6. The first-order valence-electron chi connectivity index (χ1n) is 6.07. The highest BCUT2D eigenvalue weighted by Crippen LogP contribution is 2.30. The van der Waals surface area contributed by atoms with Crippen molar-refractivity contribution in [3.8, 4) is 0 Å². The highest BCUT2D eigenvalue weighted by atomic mass is 79.9. The average molecular weight is 314 g/mol. The molecule has 0 bridgehead atoms. The lowest BCUT2D eigenvalue weighted by Gasteiger charge is -2.24. The first-order chi connectivity index (χ1) is 8.56. The van der Waals surface area contributed by atoms with E-state index in [2.05, 4.69) is 27.4 Å². The topological polar surface area (TPSA) is 23.5 Å². The van der Waals surface area contributed by atoms with Crippen LogP contribution in [0.4, 0.5) is 4.39 Å². The van der Waals surface area contributed by atoms with Crippen LogP contribution in [-0.4, -0.2) is 29.1 Å². The van der Waals surface area contributed by atoms with E-state index in [1.54, 1.807) is 12.1 Å². The molecule has 0 spiro atoms. The van der Waals surface area contributed by atoms with Crippen LogP contribution in [0.1, 0.15) is 24.5 Å². The van der Waals surface area contributed by atoms with Gasteiger partial charge in [0.05, 0.1) is 6.10 Å². The minimum Gasteiger partial charge on any atom is -0.387 e. The summed E-state index contributed by atoms with van der Waals surface area (Å²) in [6.07, 6.45) is 1.77. The van der Waals surface area contributed by atoms with E-state index in [0.717, 1.165) is 16.6 Å². The van der Waals surface area contributed by atoms with Crippen LogP contribution in [-0.2, 0) is 0 Å². The van der Waals surface area contributed by atoms with E-state index in [1.807, 2.05) is 0 Å². The molecule has 1 aromatic carbocycles. The summed E-state index contributed by atoms with van der Waals surface area (Å²) in [5, 5.41) is 10.2. The van der Waals surface area contributed by atoms with Crippen molar-refractivity contribution in [3.05, 3.63) is 46.7 Å². The standard InChI is InChI=1S/C14H17BrFNO/c1-10(15)8-17(13-6-7-13)9-14(18)11-2-4-12(16)5-3-11/h2-5,13-14,18H,1,6-9H2. The smallest absolute Gasteiger partial charge is 0.123 e. The summed E-state index contributed by atoms with van der Waals surface area (Å²) in [6.45, 7) is 5.14. The van der Waals surface area contributed by atoms with E-state index >= 15 is 0 Å². The number of nitrogens with zero attached hydrogens (tertiary/aromatic N) is 1. The van der Waals surface area contributed by atoms with Crippen LogP contribution < -0.4 is 0 Å². The normalized spacial score (nSPS) is 16.9. The monoisotopic (exact) mass is 313 g/mol. The largest absolute Gasteiger partial charge is 0.387 e. The molecular weight excluding hydrogens is 297 g/mol. The lowest BCUT2D eigenvalue weighted by Crippen LogP contribution is -2.31. The molecule has 1 unspecified atom stereocenters. The van der Waals surface area contributed by atoms with E-state index in [1.165, 1.54) is 25.0 Å². The number of benzene rings is 1. The van der Waals surface area contributed by atoms with Crippen LogP contribution >= 0.6 is 15.9 Å². The number of hydrogen-bond donors (Lipinski definition) is 1. The molecule has 1 atom stereocenters. The number of aliphatic hydroxyl groups excluding tert-OH is 1. The quantitative estimate of drug-likeness (QED) is 0.871. The summed E-state index contributed by atoms with van der Waals surface area (Å²) in [6, 6.07) is 6.57. The molecule has 0 aromatic heterocycles. The first-order valence-corrected chi connectivity index (χ1v) is 6.86. The Kier molecular flexibility index (Phi) is 4.54. The Bertz CT molecular complexity index is 416. The second-order valence-electron chi connectivity index (χ2n) is 4.75. The second-order valence-corrected chi connectivity index (χ2v) is 5.87. The van der Waals surface area contributed by atoms with Crippen molar-refractivity contribution in [2.45, 2.75) is 25.0 Å². The molecule has 1 saturated carbocycles. The molecule has 1 aliphatic carbocycles. The maximum Gasteiger partial charge on any atom is 0.123 e. The molecule has 98 valence electrons. The highest BCUT2D eigenvalue weighted by molar-refractivity contribution is 9.11. The van der Waals surface area contributed by atoms with Crippen molar-refractivity contribution >= 4 is 15.9 Å². The predicted octanol–water partition coefficient (Wildman–Crippen LogP) is 3.23. The Morgan fingerprint density at radius 1 is 1.44 bits per heavy atom. The fourth-order valence-electron chi connectivity index (χ4n) is 2.02. The van der Waals surface area contributed by atoms with Crippen LogP contribution in [0.25, 0.3) is 0 Å².